The molecule has 3 aromatic carbocycles. The molecule has 0 unspecified atom stereocenters. The zero-order valence-corrected chi connectivity index (χ0v) is 22.0. The number of carbonyl (C=O) groups excluding carboxylic acids is 1. The van der Waals surface area contributed by atoms with E-state index in [1.165, 1.54) is 43.1 Å². The molecular weight excluding hydrogens is 492 g/mol. The number of aryl methyl sites for hydroxylation is 1. The third-order valence-corrected chi connectivity index (χ3v) is 7.95. The van der Waals surface area contributed by atoms with Gasteiger partial charge in [-0.1, -0.05) is 30.3 Å². The fourth-order valence-electron chi connectivity index (χ4n) is 4.11. The van der Waals surface area contributed by atoms with Crippen LogP contribution in [0.2, 0.25) is 0 Å². The van der Waals surface area contributed by atoms with E-state index in [9.17, 15) is 18.0 Å². The van der Waals surface area contributed by atoms with Gasteiger partial charge in [-0.15, -0.1) is 0 Å². The van der Waals surface area contributed by atoms with Crippen LogP contribution in [0.4, 0.5) is 11.4 Å². The molecule has 10 heteroatoms. The van der Waals surface area contributed by atoms with Gasteiger partial charge < -0.3 is 10.1 Å². The Bertz CT molecular complexity index is 1640. The number of hydrogen-bond donors (Lipinski definition) is 1. The van der Waals surface area contributed by atoms with Crippen LogP contribution in [0.5, 0.6) is 5.75 Å². The molecule has 0 aliphatic rings. The maximum Gasteiger partial charge on any atom is 0.296 e. The molecule has 0 fully saturated rings. The first-order valence-corrected chi connectivity index (χ1v) is 12.9. The van der Waals surface area contributed by atoms with E-state index in [2.05, 4.69) is 5.32 Å². The fraction of sp³-hybridized carbons (Fsp3) is 0.185. The Morgan fingerprint density at radius 3 is 2.35 bits per heavy atom. The van der Waals surface area contributed by atoms with E-state index >= 15 is 0 Å². The lowest BCUT2D eigenvalue weighted by Gasteiger charge is -2.18. The van der Waals surface area contributed by atoms with Gasteiger partial charge in [0, 0.05) is 19.7 Å². The molecule has 0 saturated heterocycles. The van der Waals surface area contributed by atoms with E-state index < -0.39 is 21.5 Å². The SMILES string of the molecule is COc1ccc(C)cc1NC(=O)c1cccc(S(=O)(=O)N(C)c2c(C)n(C)n(-c3ccccc3)c2=O)c1. The predicted octanol–water partition coefficient (Wildman–Crippen LogP) is 3.88. The number of sulfonamides is 1. The molecule has 192 valence electrons. The third kappa shape index (κ3) is 4.75. The Hall–Kier alpha value is -4.31. The second-order valence-corrected chi connectivity index (χ2v) is 10.5. The standard InChI is InChI=1S/C27H28N4O5S/c1-18-14-15-24(36-5)23(16-18)28-26(32)20-10-9-13-22(17-20)37(34,35)30(4)25-19(2)29(3)31(27(25)33)21-11-7-6-8-12-21/h6-17H,1-5H3,(H,28,32). The number of methoxy groups -OCH3 is 1. The summed E-state index contributed by atoms with van der Waals surface area (Å²) >= 11 is 0. The van der Waals surface area contributed by atoms with Gasteiger partial charge in [-0.3, -0.25) is 18.6 Å². The number of aromatic nitrogens is 2. The molecule has 4 aromatic rings. The molecule has 1 aromatic heterocycles. The van der Waals surface area contributed by atoms with Gasteiger partial charge in [-0.25, -0.2) is 13.1 Å². The largest absolute Gasteiger partial charge is 0.495 e. The third-order valence-electron chi connectivity index (χ3n) is 6.20. The molecular formula is C27H28N4O5S. The molecule has 0 saturated carbocycles. The van der Waals surface area contributed by atoms with Gasteiger partial charge >= 0.3 is 0 Å². The van der Waals surface area contributed by atoms with E-state index in [1.807, 2.05) is 19.1 Å². The van der Waals surface area contributed by atoms with Crippen molar-refractivity contribution in [3.8, 4) is 11.4 Å². The molecule has 1 amide bonds. The summed E-state index contributed by atoms with van der Waals surface area (Å²) in [5, 5.41) is 2.78. The summed E-state index contributed by atoms with van der Waals surface area (Å²) in [5.74, 6) is -0.0114. The topological polar surface area (TPSA) is 103 Å². The monoisotopic (exact) mass is 520 g/mol. The Kier molecular flexibility index (Phi) is 6.95. The van der Waals surface area contributed by atoms with Crippen molar-refractivity contribution in [2.24, 2.45) is 7.05 Å². The second-order valence-electron chi connectivity index (χ2n) is 8.57. The van der Waals surface area contributed by atoms with Crippen molar-refractivity contribution in [2.75, 3.05) is 23.8 Å². The van der Waals surface area contributed by atoms with Crippen molar-refractivity contribution in [3.63, 3.8) is 0 Å². The van der Waals surface area contributed by atoms with Crippen molar-refractivity contribution >= 4 is 27.3 Å². The number of carbonyl (C=O) groups is 1. The van der Waals surface area contributed by atoms with Crippen LogP contribution in [0.25, 0.3) is 5.69 Å². The summed E-state index contributed by atoms with van der Waals surface area (Å²) in [6, 6.07) is 20.0. The molecule has 4 rings (SSSR count). The average molecular weight is 521 g/mol. The van der Waals surface area contributed by atoms with Gasteiger partial charge in [-0.2, -0.15) is 0 Å². The minimum atomic E-state index is -4.17. The van der Waals surface area contributed by atoms with Crippen molar-refractivity contribution in [2.45, 2.75) is 18.7 Å². The number of nitrogens with zero attached hydrogens (tertiary/aromatic N) is 3. The van der Waals surface area contributed by atoms with Crippen LogP contribution in [0, 0.1) is 13.8 Å². The highest BCUT2D eigenvalue weighted by Gasteiger charge is 2.29. The summed E-state index contributed by atoms with van der Waals surface area (Å²) in [4.78, 5) is 26.2. The number of anilines is 2. The van der Waals surface area contributed by atoms with Crippen LogP contribution in [0.15, 0.2) is 82.5 Å². The molecule has 0 aliphatic heterocycles. The minimum absolute atomic E-state index is 0.0192. The quantitative estimate of drug-likeness (QED) is 0.398. The first kappa shape index (κ1) is 25.8. The first-order chi connectivity index (χ1) is 17.6. The van der Waals surface area contributed by atoms with Crippen LogP contribution in [-0.2, 0) is 17.1 Å². The van der Waals surface area contributed by atoms with Gasteiger partial charge in [0.1, 0.15) is 11.4 Å². The summed E-state index contributed by atoms with van der Waals surface area (Å²) in [5.41, 5.74) is 2.17. The maximum atomic E-state index is 13.6. The summed E-state index contributed by atoms with van der Waals surface area (Å²) in [6.07, 6.45) is 0. The van der Waals surface area contributed by atoms with Gasteiger partial charge in [0.25, 0.3) is 21.5 Å². The van der Waals surface area contributed by atoms with Crippen LogP contribution < -0.4 is 19.9 Å². The van der Waals surface area contributed by atoms with E-state index in [0.717, 1.165) is 9.87 Å². The summed E-state index contributed by atoms with van der Waals surface area (Å²) in [6.45, 7) is 3.57. The summed E-state index contributed by atoms with van der Waals surface area (Å²) in [7, 11) is 0.356. The molecule has 37 heavy (non-hydrogen) atoms. The number of benzene rings is 3. The number of ether oxygens (including phenoxy) is 1. The van der Waals surface area contributed by atoms with Crippen molar-refractivity contribution < 1.29 is 17.9 Å². The molecule has 0 aliphatic carbocycles. The number of nitrogens with one attached hydrogen (secondary N) is 1. The lowest BCUT2D eigenvalue weighted by Crippen LogP contribution is -2.32. The molecule has 0 bridgehead atoms. The first-order valence-electron chi connectivity index (χ1n) is 11.4. The summed E-state index contributed by atoms with van der Waals surface area (Å²) < 4.78 is 36.5. The maximum absolute atomic E-state index is 13.6. The molecule has 1 N–H and O–H groups in total. The van der Waals surface area contributed by atoms with Crippen molar-refractivity contribution in [1.29, 1.82) is 0 Å². The average Bonchev–Trinajstić information content (AvgIpc) is 3.11. The number of rotatable bonds is 7. The van der Waals surface area contributed by atoms with E-state index in [1.54, 1.807) is 55.1 Å². The Morgan fingerprint density at radius 2 is 1.68 bits per heavy atom. The fourth-order valence-corrected chi connectivity index (χ4v) is 5.40. The Labute approximate surface area is 215 Å². The number of amides is 1. The highest BCUT2D eigenvalue weighted by Crippen LogP contribution is 2.27. The Balaban J connectivity index is 1.69. The highest BCUT2D eigenvalue weighted by atomic mass is 32.2. The van der Waals surface area contributed by atoms with Crippen molar-refractivity contribution in [3.05, 3.63) is 100.0 Å². The molecule has 1 heterocycles. The lowest BCUT2D eigenvalue weighted by molar-refractivity contribution is 0.102. The predicted molar refractivity (Wildman–Crippen MR) is 143 cm³/mol. The van der Waals surface area contributed by atoms with Gasteiger partial charge in [0.2, 0.25) is 0 Å². The van der Waals surface area contributed by atoms with Gasteiger partial charge in [-0.05, 0) is 61.9 Å². The zero-order chi connectivity index (χ0) is 26.9. The van der Waals surface area contributed by atoms with Crippen LogP contribution in [0.1, 0.15) is 21.6 Å². The van der Waals surface area contributed by atoms with Crippen LogP contribution >= 0.6 is 0 Å². The van der Waals surface area contributed by atoms with E-state index in [4.69, 9.17) is 4.74 Å². The molecule has 9 nitrogen and oxygen atoms in total. The van der Waals surface area contributed by atoms with Crippen LogP contribution in [0.3, 0.4) is 0 Å². The van der Waals surface area contributed by atoms with Gasteiger partial charge in [0.15, 0.2) is 0 Å². The number of para-hydroxylation sites is 1. The molecule has 0 spiro atoms. The van der Waals surface area contributed by atoms with E-state index in [-0.39, 0.29) is 16.1 Å². The van der Waals surface area contributed by atoms with Crippen molar-refractivity contribution in [1.82, 2.24) is 9.36 Å². The second kappa shape index (κ2) is 9.98. The normalized spacial score (nSPS) is 11.3. The van der Waals surface area contributed by atoms with Gasteiger partial charge in [0.05, 0.1) is 29.1 Å². The highest BCUT2D eigenvalue weighted by molar-refractivity contribution is 7.92. The minimum Gasteiger partial charge on any atom is -0.495 e. The number of hydrogen-bond acceptors (Lipinski definition) is 5. The molecule has 0 radical (unpaired) electrons. The zero-order valence-electron chi connectivity index (χ0n) is 21.2. The lowest BCUT2D eigenvalue weighted by atomic mass is 10.1. The molecule has 0 atom stereocenters. The van der Waals surface area contributed by atoms with Crippen LogP contribution in [-0.4, -0.2) is 37.8 Å². The smallest absolute Gasteiger partial charge is 0.296 e. The Morgan fingerprint density at radius 1 is 0.973 bits per heavy atom. The van der Waals surface area contributed by atoms with E-state index in [0.29, 0.717) is 22.8 Å².